The lowest BCUT2D eigenvalue weighted by molar-refractivity contribution is -0.384. The van der Waals surface area contributed by atoms with Crippen molar-refractivity contribution in [2.75, 3.05) is 0 Å². The van der Waals surface area contributed by atoms with E-state index in [0.29, 0.717) is 22.4 Å². The van der Waals surface area contributed by atoms with Crippen molar-refractivity contribution in [3.8, 4) is 0 Å². The van der Waals surface area contributed by atoms with Crippen LogP contribution in [0.1, 0.15) is 13.3 Å². The maximum atomic E-state index is 10.6. The van der Waals surface area contributed by atoms with E-state index in [9.17, 15) is 10.1 Å². The van der Waals surface area contributed by atoms with Gasteiger partial charge in [-0.25, -0.2) is 4.68 Å². The number of thiocarbonyl (C=S) groups is 1. The van der Waals surface area contributed by atoms with E-state index in [1.165, 1.54) is 16.8 Å². The second-order valence-corrected chi connectivity index (χ2v) is 3.65. The highest BCUT2D eigenvalue weighted by atomic mass is 32.1. The van der Waals surface area contributed by atoms with Gasteiger partial charge in [0.1, 0.15) is 16.0 Å². The minimum absolute atomic E-state index is 0.00922. The van der Waals surface area contributed by atoms with E-state index in [4.69, 9.17) is 12.2 Å². The quantitative estimate of drug-likeness (QED) is 0.452. The van der Waals surface area contributed by atoms with Gasteiger partial charge in [-0.15, -0.1) is 5.10 Å². The summed E-state index contributed by atoms with van der Waals surface area (Å²) in [7, 11) is 0. The summed E-state index contributed by atoms with van der Waals surface area (Å²) in [6.45, 7) is 1.90. The fraction of sp³-hybridized carbons (Fsp3) is 0.222. The largest absolute Gasteiger partial charge is 0.271 e. The van der Waals surface area contributed by atoms with Gasteiger partial charge in [0.25, 0.3) is 5.69 Å². The number of aromatic nitrogens is 3. The molecule has 0 unspecified atom stereocenters. The van der Waals surface area contributed by atoms with Crippen LogP contribution in [0.3, 0.4) is 0 Å². The lowest BCUT2D eigenvalue weighted by atomic mass is 10.3. The molecule has 1 aromatic heterocycles. The number of benzene rings is 1. The molecule has 1 heterocycles. The zero-order valence-corrected chi connectivity index (χ0v) is 9.27. The summed E-state index contributed by atoms with van der Waals surface area (Å²) >= 11 is 5.10. The number of fused-ring (bicyclic) bond motifs is 1. The number of non-ortho nitro benzene ring substituents is 1. The highest BCUT2D eigenvalue weighted by Crippen LogP contribution is 2.19. The summed E-state index contributed by atoms with van der Waals surface area (Å²) in [5, 5.41) is 18.4. The molecule has 16 heavy (non-hydrogen) atoms. The summed E-state index contributed by atoms with van der Waals surface area (Å²) in [6.07, 6.45) is 0.635. The van der Waals surface area contributed by atoms with Gasteiger partial charge in [-0.05, 0) is 12.5 Å². The molecule has 7 heteroatoms. The van der Waals surface area contributed by atoms with E-state index in [1.807, 2.05) is 6.92 Å². The Balaban J connectivity index is 2.64. The van der Waals surface area contributed by atoms with Gasteiger partial charge in [-0.2, -0.15) is 0 Å². The second kappa shape index (κ2) is 3.93. The van der Waals surface area contributed by atoms with Gasteiger partial charge in [0.2, 0.25) is 0 Å². The van der Waals surface area contributed by atoms with Crippen LogP contribution >= 0.6 is 12.2 Å². The first-order valence-electron chi connectivity index (χ1n) is 4.66. The van der Waals surface area contributed by atoms with Crippen LogP contribution in [0.5, 0.6) is 0 Å². The fourth-order valence-corrected chi connectivity index (χ4v) is 1.49. The molecule has 0 spiro atoms. The first-order chi connectivity index (χ1) is 7.63. The van der Waals surface area contributed by atoms with Crippen molar-refractivity contribution >= 4 is 33.9 Å². The number of rotatable bonds is 2. The van der Waals surface area contributed by atoms with Gasteiger partial charge in [-0.1, -0.05) is 24.4 Å². The molecule has 6 nitrogen and oxygen atoms in total. The van der Waals surface area contributed by atoms with Gasteiger partial charge in [0.05, 0.1) is 4.92 Å². The summed E-state index contributed by atoms with van der Waals surface area (Å²) in [5.41, 5.74) is 1.18. The van der Waals surface area contributed by atoms with Gasteiger partial charge in [0, 0.05) is 12.1 Å². The summed E-state index contributed by atoms with van der Waals surface area (Å²) in [6, 6.07) is 4.39. The fourth-order valence-electron chi connectivity index (χ4n) is 1.35. The summed E-state index contributed by atoms with van der Waals surface area (Å²) < 4.78 is 1.46. The average Bonchev–Trinajstić information content (AvgIpc) is 2.70. The maximum absolute atomic E-state index is 10.6. The Morgan fingerprint density at radius 2 is 2.38 bits per heavy atom. The topological polar surface area (TPSA) is 73.8 Å². The lowest BCUT2D eigenvalue weighted by Crippen LogP contribution is -2.09. The highest BCUT2D eigenvalue weighted by molar-refractivity contribution is 7.80. The summed E-state index contributed by atoms with van der Waals surface area (Å²) in [5.74, 6) is 0. The molecule has 1 aromatic carbocycles. The number of hydrogen-bond acceptors (Lipinski definition) is 5. The van der Waals surface area contributed by atoms with Crippen molar-refractivity contribution in [3.05, 3.63) is 28.3 Å². The predicted molar refractivity (Wildman–Crippen MR) is 62.5 cm³/mol. The van der Waals surface area contributed by atoms with Crippen LogP contribution in [0.15, 0.2) is 18.2 Å². The van der Waals surface area contributed by atoms with Gasteiger partial charge in [0.15, 0.2) is 0 Å². The molecular weight excluding hydrogens is 228 g/mol. The molecule has 0 saturated carbocycles. The van der Waals surface area contributed by atoms with Crippen LogP contribution in [0.2, 0.25) is 0 Å². The maximum Gasteiger partial charge on any atom is 0.271 e. The molecule has 0 aliphatic rings. The van der Waals surface area contributed by atoms with Crippen LogP contribution in [0, 0.1) is 10.1 Å². The molecule has 0 saturated heterocycles. The van der Waals surface area contributed by atoms with E-state index in [1.54, 1.807) is 6.07 Å². The van der Waals surface area contributed by atoms with Crippen LogP contribution in [0.25, 0.3) is 11.0 Å². The molecule has 0 atom stereocenters. The predicted octanol–water partition coefficient (Wildman–Crippen LogP) is 1.92. The number of nitrogens with zero attached hydrogens (tertiary/aromatic N) is 4. The Morgan fingerprint density at radius 1 is 1.62 bits per heavy atom. The molecule has 0 aliphatic carbocycles. The minimum atomic E-state index is -0.453. The number of hydrogen-bond donors (Lipinski definition) is 0. The average molecular weight is 236 g/mol. The Kier molecular flexibility index (Phi) is 2.61. The Morgan fingerprint density at radius 3 is 3.00 bits per heavy atom. The van der Waals surface area contributed by atoms with Crippen LogP contribution in [0.4, 0.5) is 5.69 Å². The van der Waals surface area contributed by atoms with E-state index >= 15 is 0 Å². The van der Waals surface area contributed by atoms with Crippen LogP contribution in [-0.2, 0) is 0 Å². The zero-order chi connectivity index (χ0) is 11.7. The number of nitro benzene ring substituents is 1. The minimum Gasteiger partial charge on any atom is -0.258 e. The third kappa shape index (κ3) is 1.65. The monoisotopic (exact) mass is 236 g/mol. The third-order valence-electron chi connectivity index (χ3n) is 2.18. The van der Waals surface area contributed by atoms with E-state index in [0.717, 1.165) is 0 Å². The van der Waals surface area contributed by atoms with E-state index in [2.05, 4.69) is 10.3 Å². The van der Waals surface area contributed by atoms with Crippen molar-refractivity contribution in [3.63, 3.8) is 0 Å². The van der Waals surface area contributed by atoms with Gasteiger partial charge < -0.3 is 0 Å². The second-order valence-electron chi connectivity index (χ2n) is 3.18. The molecule has 0 fully saturated rings. The lowest BCUT2D eigenvalue weighted by Gasteiger charge is -1.99. The zero-order valence-electron chi connectivity index (χ0n) is 8.45. The third-order valence-corrected chi connectivity index (χ3v) is 2.64. The van der Waals surface area contributed by atoms with Crippen molar-refractivity contribution in [1.29, 1.82) is 0 Å². The SMILES string of the molecule is CCC(=S)n1nnc2ccc([N+](=O)[O-])cc21. The Labute approximate surface area is 96.0 Å². The first-order valence-corrected chi connectivity index (χ1v) is 5.07. The van der Waals surface area contributed by atoms with Gasteiger partial charge >= 0.3 is 0 Å². The van der Waals surface area contributed by atoms with Crippen molar-refractivity contribution < 1.29 is 4.92 Å². The van der Waals surface area contributed by atoms with Crippen molar-refractivity contribution in [1.82, 2.24) is 15.0 Å². The van der Waals surface area contributed by atoms with Crippen molar-refractivity contribution in [2.24, 2.45) is 0 Å². The highest BCUT2D eigenvalue weighted by Gasteiger charge is 2.12. The molecule has 82 valence electrons. The van der Waals surface area contributed by atoms with E-state index < -0.39 is 4.92 Å². The molecule has 0 aliphatic heterocycles. The standard InChI is InChI=1S/C9H8N4O2S/c1-2-9(16)12-8-5-6(13(14)15)3-4-7(8)10-11-12/h3-5H,2H2,1H3. The molecule has 0 amide bonds. The Bertz CT molecular complexity index is 578. The normalized spacial score (nSPS) is 10.6. The molecule has 0 bridgehead atoms. The molecule has 0 N–H and O–H groups in total. The smallest absolute Gasteiger partial charge is 0.258 e. The number of nitro groups is 1. The molecule has 2 rings (SSSR count). The summed E-state index contributed by atoms with van der Waals surface area (Å²) in [4.78, 5) is 10.8. The Hall–Kier alpha value is -1.89. The van der Waals surface area contributed by atoms with Crippen LogP contribution < -0.4 is 0 Å². The van der Waals surface area contributed by atoms with Crippen molar-refractivity contribution in [2.45, 2.75) is 13.3 Å². The van der Waals surface area contributed by atoms with E-state index in [-0.39, 0.29) is 5.69 Å². The molecule has 0 radical (unpaired) electrons. The molecular formula is C9H8N4O2S. The molecule has 2 aromatic rings. The van der Waals surface area contributed by atoms with Gasteiger partial charge in [-0.3, -0.25) is 10.1 Å². The first kappa shape index (κ1) is 10.6. The van der Waals surface area contributed by atoms with Crippen LogP contribution in [-0.4, -0.2) is 24.9 Å².